The van der Waals surface area contributed by atoms with Gasteiger partial charge in [0.25, 0.3) is 5.91 Å². The zero-order valence-corrected chi connectivity index (χ0v) is 13.5. The molecule has 1 amide bonds. The second-order valence-corrected chi connectivity index (χ2v) is 6.37. The van der Waals surface area contributed by atoms with Gasteiger partial charge >= 0.3 is 0 Å². The summed E-state index contributed by atoms with van der Waals surface area (Å²) >= 11 is 0. The molecule has 0 heterocycles. The average Bonchev–Trinajstić information content (AvgIpc) is 2.51. The van der Waals surface area contributed by atoms with Crippen LogP contribution in [0.3, 0.4) is 0 Å². The summed E-state index contributed by atoms with van der Waals surface area (Å²) in [6, 6.07) is 5.95. The predicted molar refractivity (Wildman–Crippen MR) is 85.2 cm³/mol. The van der Waals surface area contributed by atoms with E-state index in [1.54, 1.807) is 6.08 Å². The Morgan fingerprint density at radius 1 is 1.32 bits per heavy atom. The van der Waals surface area contributed by atoms with Crippen molar-refractivity contribution in [2.75, 3.05) is 19.7 Å². The Balaban J connectivity index is 2.55. The van der Waals surface area contributed by atoms with E-state index in [1.807, 2.05) is 6.92 Å². The van der Waals surface area contributed by atoms with Crippen molar-refractivity contribution in [2.24, 2.45) is 0 Å². The molecule has 0 aliphatic heterocycles. The highest BCUT2D eigenvalue weighted by molar-refractivity contribution is 7.89. The van der Waals surface area contributed by atoms with E-state index in [2.05, 4.69) is 16.6 Å². The molecule has 6 nitrogen and oxygen atoms in total. The summed E-state index contributed by atoms with van der Waals surface area (Å²) < 4.78 is 31.8. The van der Waals surface area contributed by atoms with Crippen molar-refractivity contribution in [3.05, 3.63) is 36.9 Å². The van der Waals surface area contributed by atoms with Gasteiger partial charge in [0.2, 0.25) is 10.0 Å². The fraction of sp³-hybridized carbons (Fsp3) is 0.400. The maximum absolute atomic E-state index is 12.0. The first kappa shape index (κ1) is 18.2. The number of unbranched alkanes of at least 4 members (excludes halogenated alkanes) is 1. The molecule has 0 unspecified atom stereocenters. The van der Waals surface area contributed by atoms with E-state index < -0.39 is 10.0 Å². The first-order valence-corrected chi connectivity index (χ1v) is 8.58. The highest BCUT2D eigenvalue weighted by atomic mass is 32.2. The van der Waals surface area contributed by atoms with Crippen LogP contribution in [0.5, 0.6) is 5.75 Å². The Hall–Kier alpha value is -1.86. The minimum atomic E-state index is -3.49. The van der Waals surface area contributed by atoms with E-state index in [1.165, 1.54) is 24.3 Å². The van der Waals surface area contributed by atoms with Gasteiger partial charge in [-0.3, -0.25) is 4.79 Å². The Bertz CT molecular complexity index is 582. The Labute approximate surface area is 131 Å². The van der Waals surface area contributed by atoms with Crippen molar-refractivity contribution in [1.29, 1.82) is 0 Å². The Kier molecular flexibility index (Phi) is 7.62. The van der Waals surface area contributed by atoms with Crippen molar-refractivity contribution < 1.29 is 17.9 Å². The number of benzene rings is 1. The van der Waals surface area contributed by atoms with Crippen LogP contribution in [0.2, 0.25) is 0 Å². The molecular formula is C15H22N2O4S. The summed E-state index contributed by atoms with van der Waals surface area (Å²) in [6.07, 6.45) is 3.28. The number of nitrogens with one attached hydrogen (secondary N) is 2. The van der Waals surface area contributed by atoms with Crippen molar-refractivity contribution in [3.63, 3.8) is 0 Å². The molecule has 0 fully saturated rings. The molecule has 0 saturated carbocycles. The Morgan fingerprint density at radius 3 is 2.59 bits per heavy atom. The number of carbonyl (C=O) groups excluding carboxylic acids is 1. The van der Waals surface area contributed by atoms with Gasteiger partial charge < -0.3 is 10.1 Å². The maximum atomic E-state index is 12.0. The predicted octanol–water partition coefficient (Wildman–Crippen LogP) is 1.45. The van der Waals surface area contributed by atoms with Crippen molar-refractivity contribution in [2.45, 2.75) is 24.7 Å². The van der Waals surface area contributed by atoms with Gasteiger partial charge in [-0.25, -0.2) is 13.1 Å². The van der Waals surface area contributed by atoms with Crippen LogP contribution >= 0.6 is 0 Å². The Morgan fingerprint density at radius 2 is 2.00 bits per heavy atom. The van der Waals surface area contributed by atoms with Crippen molar-refractivity contribution in [1.82, 2.24) is 10.0 Å². The third-order valence-electron chi connectivity index (χ3n) is 2.77. The van der Waals surface area contributed by atoms with Crippen molar-refractivity contribution >= 4 is 15.9 Å². The summed E-state index contributed by atoms with van der Waals surface area (Å²) in [5, 5.41) is 2.58. The number of amides is 1. The van der Waals surface area contributed by atoms with E-state index in [0.717, 1.165) is 12.8 Å². The highest BCUT2D eigenvalue weighted by Crippen LogP contribution is 2.15. The minimum absolute atomic E-state index is 0.130. The number of carbonyl (C=O) groups is 1. The fourth-order valence-corrected chi connectivity index (χ4v) is 2.64. The van der Waals surface area contributed by atoms with Crippen LogP contribution in [-0.4, -0.2) is 34.0 Å². The summed E-state index contributed by atoms with van der Waals surface area (Å²) in [6.45, 7) is 6.15. The van der Waals surface area contributed by atoms with E-state index in [4.69, 9.17) is 4.74 Å². The molecule has 0 radical (unpaired) electrons. The van der Waals surface area contributed by atoms with Gasteiger partial charge in [0, 0.05) is 13.1 Å². The lowest BCUT2D eigenvalue weighted by molar-refractivity contribution is -0.122. The molecule has 1 rings (SSSR count). The minimum Gasteiger partial charge on any atom is -0.484 e. The second-order valence-electron chi connectivity index (χ2n) is 4.60. The van der Waals surface area contributed by atoms with Crippen LogP contribution in [0.25, 0.3) is 0 Å². The van der Waals surface area contributed by atoms with Gasteiger partial charge in [-0.05, 0) is 30.7 Å². The molecule has 1 aromatic carbocycles. The summed E-state index contributed by atoms with van der Waals surface area (Å²) in [4.78, 5) is 11.5. The molecular weight excluding hydrogens is 304 g/mol. The standard InChI is InChI=1S/C15H22N2O4S/c1-3-5-11-17-22(19,20)14-8-6-13(7-9-14)21-12-15(18)16-10-4-2/h4,6-9,17H,2-3,5,10-12H2,1H3,(H,16,18). The summed E-state index contributed by atoms with van der Waals surface area (Å²) in [7, 11) is -3.49. The summed E-state index contributed by atoms with van der Waals surface area (Å²) in [5.74, 6) is 0.166. The number of sulfonamides is 1. The number of hydrogen-bond acceptors (Lipinski definition) is 4. The zero-order valence-electron chi connectivity index (χ0n) is 12.7. The van der Waals surface area contributed by atoms with Crippen LogP contribution < -0.4 is 14.8 Å². The molecule has 0 bridgehead atoms. The molecule has 7 heteroatoms. The van der Waals surface area contributed by atoms with Gasteiger partial charge in [-0.15, -0.1) is 6.58 Å². The van der Waals surface area contributed by atoms with Gasteiger partial charge in [-0.1, -0.05) is 19.4 Å². The molecule has 0 aliphatic carbocycles. The lowest BCUT2D eigenvalue weighted by Crippen LogP contribution is -2.28. The highest BCUT2D eigenvalue weighted by Gasteiger charge is 2.13. The normalized spacial score (nSPS) is 11.0. The fourth-order valence-electron chi connectivity index (χ4n) is 1.57. The van der Waals surface area contributed by atoms with Gasteiger partial charge in [0.1, 0.15) is 5.75 Å². The average molecular weight is 326 g/mol. The lowest BCUT2D eigenvalue weighted by atomic mass is 10.3. The van der Waals surface area contributed by atoms with Gasteiger partial charge in [0.05, 0.1) is 4.90 Å². The second kappa shape index (κ2) is 9.22. The molecule has 2 N–H and O–H groups in total. The van der Waals surface area contributed by atoms with Crippen molar-refractivity contribution in [3.8, 4) is 5.75 Å². The first-order chi connectivity index (χ1) is 10.5. The topological polar surface area (TPSA) is 84.5 Å². The largest absolute Gasteiger partial charge is 0.484 e. The number of rotatable bonds is 10. The monoisotopic (exact) mass is 326 g/mol. The number of ether oxygens (including phenoxy) is 1. The molecule has 0 atom stereocenters. The van der Waals surface area contributed by atoms with E-state index in [-0.39, 0.29) is 17.4 Å². The molecule has 1 aromatic rings. The third-order valence-corrected chi connectivity index (χ3v) is 4.25. The lowest BCUT2D eigenvalue weighted by Gasteiger charge is -2.08. The van der Waals surface area contributed by atoms with Gasteiger partial charge in [-0.2, -0.15) is 0 Å². The molecule has 0 spiro atoms. The van der Waals surface area contributed by atoms with Crippen LogP contribution in [0.1, 0.15) is 19.8 Å². The van der Waals surface area contributed by atoms with Crippen LogP contribution in [0.4, 0.5) is 0 Å². The maximum Gasteiger partial charge on any atom is 0.258 e. The van der Waals surface area contributed by atoms with Crippen LogP contribution in [0, 0.1) is 0 Å². The summed E-state index contributed by atoms with van der Waals surface area (Å²) in [5.41, 5.74) is 0. The molecule has 0 aliphatic rings. The number of hydrogen-bond donors (Lipinski definition) is 2. The zero-order chi connectivity index (χ0) is 16.4. The van der Waals surface area contributed by atoms with E-state index in [9.17, 15) is 13.2 Å². The van der Waals surface area contributed by atoms with Crippen LogP contribution in [0.15, 0.2) is 41.8 Å². The molecule has 0 saturated heterocycles. The molecule has 0 aromatic heterocycles. The van der Waals surface area contributed by atoms with Crippen LogP contribution in [-0.2, 0) is 14.8 Å². The third kappa shape index (κ3) is 6.28. The van der Waals surface area contributed by atoms with Gasteiger partial charge in [0.15, 0.2) is 6.61 Å². The van der Waals surface area contributed by atoms with E-state index >= 15 is 0 Å². The molecule has 122 valence electrons. The van der Waals surface area contributed by atoms with E-state index in [0.29, 0.717) is 18.8 Å². The quantitative estimate of drug-likeness (QED) is 0.503. The smallest absolute Gasteiger partial charge is 0.258 e. The first-order valence-electron chi connectivity index (χ1n) is 7.09. The molecule has 22 heavy (non-hydrogen) atoms. The SMILES string of the molecule is C=CCNC(=O)COc1ccc(S(=O)(=O)NCCCC)cc1.